The van der Waals surface area contributed by atoms with Gasteiger partial charge in [0, 0.05) is 18.7 Å². The van der Waals surface area contributed by atoms with Crippen LogP contribution >= 0.6 is 11.3 Å². The Hall–Kier alpha value is -1.17. The van der Waals surface area contributed by atoms with E-state index < -0.39 is 0 Å². The zero-order chi connectivity index (χ0) is 14.7. The Bertz CT molecular complexity index is 552. The van der Waals surface area contributed by atoms with Crippen molar-refractivity contribution in [2.24, 2.45) is 11.7 Å². The number of hydrogen-bond donors (Lipinski definition) is 1. The molecule has 0 amide bonds. The topological polar surface area (TPSA) is 55.3 Å². The van der Waals surface area contributed by atoms with Crippen LogP contribution in [0.5, 0.6) is 0 Å². The predicted molar refractivity (Wildman–Crippen MR) is 86.1 cm³/mol. The fourth-order valence-corrected chi connectivity index (χ4v) is 4.04. The summed E-state index contributed by atoms with van der Waals surface area (Å²) in [7, 11) is 0. The molecule has 2 aromatic heterocycles. The molecule has 2 aromatic rings. The number of aromatic nitrogens is 1. The van der Waals surface area contributed by atoms with Crippen LogP contribution in [-0.2, 0) is 6.54 Å². The lowest BCUT2D eigenvalue weighted by molar-refractivity contribution is 0.158. The molecule has 0 spiro atoms. The lowest BCUT2D eigenvalue weighted by Crippen LogP contribution is -2.39. The van der Waals surface area contributed by atoms with E-state index in [9.17, 15) is 0 Å². The molecule has 0 aliphatic heterocycles. The number of nitrogens with two attached hydrogens (primary N) is 1. The Morgan fingerprint density at radius 2 is 2.38 bits per heavy atom. The van der Waals surface area contributed by atoms with Gasteiger partial charge in [-0.2, -0.15) is 0 Å². The Balaban J connectivity index is 1.69. The van der Waals surface area contributed by atoms with E-state index in [1.807, 2.05) is 6.07 Å². The van der Waals surface area contributed by atoms with E-state index in [4.69, 9.17) is 10.3 Å². The van der Waals surface area contributed by atoms with Crippen molar-refractivity contribution in [3.05, 3.63) is 29.3 Å². The maximum atomic E-state index is 5.92. The summed E-state index contributed by atoms with van der Waals surface area (Å²) in [5.74, 6) is 1.51. The molecule has 1 fully saturated rings. The van der Waals surface area contributed by atoms with Gasteiger partial charge >= 0.3 is 0 Å². The number of hydrogen-bond acceptors (Lipinski definition) is 5. The van der Waals surface area contributed by atoms with Gasteiger partial charge in [0.25, 0.3) is 0 Å². The van der Waals surface area contributed by atoms with Gasteiger partial charge in [-0.1, -0.05) is 24.6 Å². The van der Waals surface area contributed by atoms with Crippen LogP contribution < -0.4 is 5.73 Å². The van der Waals surface area contributed by atoms with Crippen LogP contribution in [0, 0.1) is 5.92 Å². The summed E-state index contributed by atoms with van der Waals surface area (Å²) < 4.78 is 5.48. The lowest BCUT2D eigenvalue weighted by atomic mass is 10.0. The van der Waals surface area contributed by atoms with Crippen LogP contribution in [0.3, 0.4) is 0 Å². The van der Waals surface area contributed by atoms with Crippen molar-refractivity contribution in [1.82, 2.24) is 10.1 Å². The Morgan fingerprint density at radius 1 is 1.48 bits per heavy atom. The van der Waals surface area contributed by atoms with Crippen molar-refractivity contribution in [3.8, 4) is 10.6 Å². The number of nitrogens with zero attached hydrogens (tertiary/aromatic N) is 2. The summed E-state index contributed by atoms with van der Waals surface area (Å²) in [5, 5.41) is 6.30. The molecule has 5 heteroatoms. The third-order valence-electron chi connectivity index (χ3n) is 4.48. The molecule has 3 rings (SSSR count). The first-order valence-corrected chi connectivity index (χ1v) is 8.63. The minimum atomic E-state index is 0.599. The van der Waals surface area contributed by atoms with Crippen LogP contribution in [0.4, 0.5) is 0 Å². The van der Waals surface area contributed by atoms with Crippen molar-refractivity contribution < 1.29 is 4.52 Å². The highest BCUT2D eigenvalue weighted by atomic mass is 32.1. The summed E-state index contributed by atoms with van der Waals surface area (Å²) in [5.41, 5.74) is 6.94. The van der Waals surface area contributed by atoms with Crippen molar-refractivity contribution >= 4 is 11.3 Å². The van der Waals surface area contributed by atoms with Crippen LogP contribution in [0.25, 0.3) is 10.6 Å². The first-order chi connectivity index (χ1) is 10.3. The Morgan fingerprint density at radius 3 is 3.10 bits per heavy atom. The summed E-state index contributed by atoms with van der Waals surface area (Å²) in [6.45, 7) is 4.89. The fourth-order valence-electron chi connectivity index (χ4n) is 3.37. The molecule has 2 N–H and O–H groups in total. The van der Waals surface area contributed by atoms with E-state index in [0.29, 0.717) is 12.0 Å². The minimum Gasteiger partial charge on any atom is -0.355 e. The lowest BCUT2D eigenvalue weighted by Gasteiger charge is -2.30. The summed E-state index contributed by atoms with van der Waals surface area (Å²) >= 11 is 1.68. The van der Waals surface area contributed by atoms with Gasteiger partial charge in [0.15, 0.2) is 5.76 Å². The third-order valence-corrected chi connectivity index (χ3v) is 5.37. The van der Waals surface area contributed by atoms with Crippen molar-refractivity contribution in [1.29, 1.82) is 0 Å². The molecule has 2 unspecified atom stereocenters. The normalized spacial score (nSPS) is 22.2. The summed E-state index contributed by atoms with van der Waals surface area (Å²) in [6.07, 6.45) is 3.81. The monoisotopic (exact) mass is 305 g/mol. The van der Waals surface area contributed by atoms with E-state index in [1.54, 1.807) is 11.3 Å². The van der Waals surface area contributed by atoms with Crippen LogP contribution in [-0.4, -0.2) is 29.2 Å². The van der Waals surface area contributed by atoms with Gasteiger partial charge in [0.05, 0.1) is 10.6 Å². The van der Waals surface area contributed by atoms with Gasteiger partial charge < -0.3 is 10.3 Å². The molecule has 114 valence electrons. The van der Waals surface area contributed by atoms with Gasteiger partial charge in [-0.3, -0.25) is 4.90 Å². The maximum Gasteiger partial charge on any atom is 0.177 e. The summed E-state index contributed by atoms with van der Waals surface area (Å²) in [4.78, 5) is 3.64. The molecular weight excluding hydrogens is 282 g/mol. The van der Waals surface area contributed by atoms with Gasteiger partial charge in [-0.05, 0) is 43.3 Å². The standard InChI is InChI=1S/C16H23N3OS/c1-2-19(14-6-3-5-12(14)10-17)11-13-9-15(20-18-13)16-7-4-8-21-16/h4,7-9,12,14H,2-3,5-6,10-11,17H2,1H3. The second-order valence-electron chi connectivity index (χ2n) is 5.72. The van der Waals surface area contributed by atoms with Crippen molar-refractivity contribution in [2.75, 3.05) is 13.1 Å². The third kappa shape index (κ3) is 3.20. The number of thiophene rings is 1. The van der Waals surface area contributed by atoms with Crippen molar-refractivity contribution in [3.63, 3.8) is 0 Å². The molecule has 0 radical (unpaired) electrons. The molecule has 0 bridgehead atoms. The molecule has 4 nitrogen and oxygen atoms in total. The highest BCUT2D eigenvalue weighted by Crippen LogP contribution is 2.31. The molecule has 1 aliphatic carbocycles. The van der Waals surface area contributed by atoms with E-state index in [0.717, 1.165) is 36.0 Å². The van der Waals surface area contributed by atoms with Crippen molar-refractivity contribution in [2.45, 2.75) is 38.8 Å². The Labute approximate surface area is 129 Å². The number of rotatable bonds is 6. The highest BCUT2D eigenvalue weighted by molar-refractivity contribution is 7.13. The van der Waals surface area contributed by atoms with Crippen LogP contribution in [0.1, 0.15) is 31.9 Å². The minimum absolute atomic E-state index is 0.599. The highest BCUT2D eigenvalue weighted by Gasteiger charge is 2.30. The molecule has 1 aliphatic rings. The van der Waals surface area contributed by atoms with E-state index in [1.165, 1.54) is 19.3 Å². The second-order valence-corrected chi connectivity index (χ2v) is 6.66. The largest absolute Gasteiger partial charge is 0.355 e. The first kappa shape index (κ1) is 14.8. The van der Waals surface area contributed by atoms with Gasteiger partial charge in [-0.25, -0.2) is 0 Å². The second kappa shape index (κ2) is 6.73. The van der Waals surface area contributed by atoms with Crippen LogP contribution in [0.15, 0.2) is 28.1 Å². The Kier molecular flexibility index (Phi) is 4.73. The molecule has 1 saturated carbocycles. The average Bonchev–Trinajstić information content (AvgIpc) is 3.23. The van der Waals surface area contributed by atoms with E-state index in [2.05, 4.69) is 34.5 Å². The van der Waals surface area contributed by atoms with E-state index in [-0.39, 0.29) is 0 Å². The molecule has 0 saturated heterocycles. The first-order valence-electron chi connectivity index (χ1n) is 7.75. The zero-order valence-corrected chi connectivity index (χ0v) is 13.3. The molecule has 0 aromatic carbocycles. The molecular formula is C16H23N3OS. The SMILES string of the molecule is CCN(Cc1cc(-c2cccs2)on1)C1CCCC1CN. The summed E-state index contributed by atoms with van der Waals surface area (Å²) in [6, 6.07) is 6.77. The fraction of sp³-hybridized carbons (Fsp3) is 0.562. The zero-order valence-electron chi connectivity index (χ0n) is 12.5. The van der Waals surface area contributed by atoms with Crippen LogP contribution in [0.2, 0.25) is 0 Å². The molecule has 2 atom stereocenters. The molecule has 21 heavy (non-hydrogen) atoms. The smallest absolute Gasteiger partial charge is 0.177 e. The molecule has 2 heterocycles. The van der Waals surface area contributed by atoms with Gasteiger partial charge in [0.1, 0.15) is 0 Å². The quantitative estimate of drug-likeness (QED) is 0.889. The van der Waals surface area contributed by atoms with Gasteiger partial charge in [-0.15, -0.1) is 11.3 Å². The van der Waals surface area contributed by atoms with Gasteiger partial charge in [0.2, 0.25) is 0 Å². The average molecular weight is 305 g/mol. The predicted octanol–water partition coefficient (Wildman–Crippen LogP) is 3.35. The maximum absolute atomic E-state index is 5.92. The van der Waals surface area contributed by atoms with E-state index >= 15 is 0 Å².